The van der Waals surface area contributed by atoms with Crippen LogP contribution in [-0.4, -0.2) is 0 Å². The fourth-order valence-corrected chi connectivity index (χ4v) is 3.18. The lowest BCUT2D eigenvalue weighted by molar-refractivity contribution is 0.485. The normalized spacial score (nSPS) is 12.9. The maximum absolute atomic E-state index is 5.68. The number of aryl methyl sites for hydroxylation is 3. The zero-order valence-corrected chi connectivity index (χ0v) is 11.9. The first-order valence-electron chi connectivity index (χ1n) is 6.24. The molecule has 0 bridgehead atoms. The molecule has 2 aromatic rings. The zero-order valence-electron chi connectivity index (χ0n) is 11.1. The van der Waals surface area contributed by atoms with Gasteiger partial charge in [0.15, 0.2) is 0 Å². The fourth-order valence-electron chi connectivity index (χ4n) is 2.18. The Morgan fingerprint density at radius 1 is 1.33 bits per heavy atom. The Balaban J connectivity index is 2.16. The molecule has 1 atom stereocenters. The topological polar surface area (TPSA) is 51.2 Å². The van der Waals surface area contributed by atoms with Crippen LogP contribution >= 0.6 is 11.3 Å². The van der Waals surface area contributed by atoms with Gasteiger partial charge >= 0.3 is 0 Å². The third-order valence-electron chi connectivity index (χ3n) is 3.13. The number of nitrogens with one attached hydrogen (secondary N) is 1. The summed E-state index contributed by atoms with van der Waals surface area (Å²) in [5.41, 5.74) is 4.05. The fraction of sp³-hybridized carbons (Fsp3) is 0.429. The second kappa shape index (κ2) is 5.69. The van der Waals surface area contributed by atoms with Gasteiger partial charge in [0, 0.05) is 21.7 Å². The van der Waals surface area contributed by atoms with Crippen molar-refractivity contribution in [1.82, 2.24) is 5.43 Å². The summed E-state index contributed by atoms with van der Waals surface area (Å²) in [6, 6.07) is 6.57. The highest BCUT2D eigenvalue weighted by Crippen LogP contribution is 2.27. The van der Waals surface area contributed by atoms with Crippen molar-refractivity contribution in [3.8, 4) is 0 Å². The Morgan fingerprint density at radius 2 is 2.06 bits per heavy atom. The molecule has 3 N–H and O–H groups in total. The number of hydrazine groups is 1. The molecule has 4 heteroatoms. The lowest BCUT2D eigenvalue weighted by atomic mass is 10.0. The summed E-state index contributed by atoms with van der Waals surface area (Å²) in [7, 11) is 0. The summed E-state index contributed by atoms with van der Waals surface area (Å²) in [6.45, 7) is 6.13. The number of nitrogens with two attached hydrogens (primary N) is 1. The number of hydrogen-bond donors (Lipinski definition) is 2. The highest BCUT2D eigenvalue weighted by atomic mass is 32.1. The molecule has 3 nitrogen and oxygen atoms in total. The third-order valence-corrected chi connectivity index (χ3v) is 4.38. The van der Waals surface area contributed by atoms with Gasteiger partial charge in [0.05, 0.1) is 6.04 Å². The van der Waals surface area contributed by atoms with Gasteiger partial charge in [-0.1, -0.05) is 6.92 Å². The molecule has 0 aliphatic heterocycles. The molecular formula is C14H20N2OS. The van der Waals surface area contributed by atoms with Crippen LogP contribution in [0, 0.1) is 13.8 Å². The lowest BCUT2D eigenvalue weighted by Gasteiger charge is -2.14. The molecule has 0 saturated carbocycles. The molecule has 0 aliphatic carbocycles. The van der Waals surface area contributed by atoms with E-state index >= 15 is 0 Å². The molecule has 0 aromatic carbocycles. The van der Waals surface area contributed by atoms with Crippen molar-refractivity contribution in [2.45, 2.75) is 39.7 Å². The van der Waals surface area contributed by atoms with Crippen LogP contribution in [-0.2, 0) is 12.8 Å². The van der Waals surface area contributed by atoms with Crippen LogP contribution in [0.4, 0.5) is 0 Å². The quantitative estimate of drug-likeness (QED) is 0.643. The number of thiophene rings is 1. The molecule has 18 heavy (non-hydrogen) atoms. The standard InChI is InChI=1S/C14H20N2OS/c1-4-11-5-6-12(18-11)8-14(16-15)13-7-9(2)17-10(13)3/h5-7,14,16H,4,8,15H2,1-3H3. The Hall–Kier alpha value is -1.10. The van der Waals surface area contributed by atoms with E-state index in [1.165, 1.54) is 9.75 Å². The summed E-state index contributed by atoms with van der Waals surface area (Å²) >= 11 is 1.86. The van der Waals surface area contributed by atoms with Crippen molar-refractivity contribution >= 4 is 11.3 Å². The maximum atomic E-state index is 5.68. The van der Waals surface area contributed by atoms with Crippen molar-refractivity contribution in [2.75, 3.05) is 0 Å². The third kappa shape index (κ3) is 2.83. The molecule has 2 rings (SSSR count). The van der Waals surface area contributed by atoms with Gasteiger partial charge in [-0.3, -0.25) is 11.3 Å². The Kier molecular flexibility index (Phi) is 4.22. The van der Waals surface area contributed by atoms with Gasteiger partial charge in [0.2, 0.25) is 0 Å². The lowest BCUT2D eigenvalue weighted by Crippen LogP contribution is -2.29. The van der Waals surface area contributed by atoms with Crippen molar-refractivity contribution in [1.29, 1.82) is 0 Å². The van der Waals surface area contributed by atoms with Gasteiger partial charge in [0.1, 0.15) is 11.5 Å². The second-order valence-corrected chi connectivity index (χ2v) is 5.77. The number of hydrogen-bond acceptors (Lipinski definition) is 4. The summed E-state index contributed by atoms with van der Waals surface area (Å²) < 4.78 is 5.57. The van der Waals surface area contributed by atoms with E-state index in [9.17, 15) is 0 Å². The minimum atomic E-state index is 0.116. The van der Waals surface area contributed by atoms with Crippen LogP contribution < -0.4 is 11.3 Å². The largest absolute Gasteiger partial charge is 0.466 e. The molecule has 0 amide bonds. The minimum Gasteiger partial charge on any atom is -0.466 e. The van der Waals surface area contributed by atoms with E-state index in [1.54, 1.807) is 0 Å². The van der Waals surface area contributed by atoms with Crippen molar-refractivity contribution in [3.63, 3.8) is 0 Å². The molecular weight excluding hydrogens is 244 g/mol. The van der Waals surface area contributed by atoms with Crippen LogP contribution in [0.15, 0.2) is 22.6 Å². The van der Waals surface area contributed by atoms with Gasteiger partial charge in [-0.15, -0.1) is 11.3 Å². The first kappa shape index (κ1) is 13.3. The van der Waals surface area contributed by atoms with Crippen LogP contribution in [0.25, 0.3) is 0 Å². The zero-order chi connectivity index (χ0) is 13.1. The first-order valence-corrected chi connectivity index (χ1v) is 7.06. The summed E-state index contributed by atoms with van der Waals surface area (Å²) in [5, 5.41) is 0. The smallest absolute Gasteiger partial charge is 0.105 e. The van der Waals surface area contributed by atoms with Gasteiger partial charge in [-0.05, 0) is 38.5 Å². The molecule has 98 valence electrons. The molecule has 2 heterocycles. The van der Waals surface area contributed by atoms with E-state index in [2.05, 4.69) is 30.5 Å². The molecule has 0 fully saturated rings. The predicted octanol–water partition coefficient (Wildman–Crippen LogP) is 3.27. The molecule has 0 aliphatic rings. The minimum absolute atomic E-state index is 0.116. The van der Waals surface area contributed by atoms with Crippen molar-refractivity contribution in [2.24, 2.45) is 5.84 Å². The van der Waals surface area contributed by atoms with E-state index in [-0.39, 0.29) is 6.04 Å². The average Bonchev–Trinajstić information content (AvgIpc) is 2.92. The maximum Gasteiger partial charge on any atom is 0.105 e. The van der Waals surface area contributed by atoms with E-state index in [0.29, 0.717) is 0 Å². The molecule has 1 unspecified atom stereocenters. The first-order chi connectivity index (χ1) is 8.63. The van der Waals surface area contributed by atoms with E-state index in [1.807, 2.05) is 25.2 Å². The summed E-state index contributed by atoms with van der Waals surface area (Å²) in [4.78, 5) is 2.77. The van der Waals surface area contributed by atoms with Crippen LogP contribution in [0.1, 0.15) is 39.8 Å². The van der Waals surface area contributed by atoms with Gasteiger partial charge < -0.3 is 4.42 Å². The van der Waals surface area contributed by atoms with Gasteiger partial charge in [0.25, 0.3) is 0 Å². The van der Waals surface area contributed by atoms with Gasteiger partial charge in [-0.25, -0.2) is 0 Å². The number of rotatable bonds is 5. The molecule has 0 radical (unpaired) electrons. The molecule has 0 saturated heterocycles. The van der Waals surface area contributed by atoms with E-state index in [4.69, 9.17) is 10.3 Å². The van der Waals surface area contributed by atoms with E-state index in [0.717, 1.165) is 29.9 Å². The Labute approximate surface area is 112 Å². The molecule has 0 spiro atoms. The average molecular weight is 264 g/mol. The van der Waals surface area contributed by atoms with E-state index < -0.39 is 0 Å². The van der Waals surface area contributed by atoms with Crippen molar-refractivity contribution in [3.05, 3.63) is 45.0 Å². The van der Waals surface area contributed by atoms with Crippen LogP contribution in [0.3, 0.4) is 0 Å². The highest BCUT2D eigenvalue weighted by molar-refractivity contribution is 7.11. The monoisotopic (exact) mass is 264 g/mol. The van der Waals surface area contributed by atoms with Crippen molar-refractivity contribution < 1.29 is 4.42 Å². The number of furan rings is 1. The predicted molar refractivity (Wildman–Crippen MR) is 75.6 cm³/mol. The SMILES string of the molecule is CCc1ccc(CC(NN)c2cc(C)oc2C)s1. The van der Waals surface area contributed by atoms with Crippen LogP contribution in [0.2, 0.25) is 0 Å². The summed E-state index contributed by atoms with van der Waals surface area (Å²) in [6.07, 6.45) is 2.00. The van der Waals surface area contributed by atoms with Crippen LogP contribution in [0.5, 0.6) is 0 Å². The molecule has 2 aromatic heterocycles. The Bertz CT molecular complexity index is 516. The highest BCUT2D eigenvalue weighted by Gasteiger charge is 2.17. The second-order valence-electron chi connectivity index (χ2n) is 4.51. The Morgan fingerprint density at radius 3 is 2.56 bits per heavy atom. The summed E-state index contributed by atoms with van der Waals surface area (Å²) in [5.74, 6) is 7.56. The van der Waals surface area contributed by atoms with Gasteiger partial charge in [-0.2, -0.15) is 0 Å².